The average molecular weight is 346 g/mol. The minimum atomic E-state index is -0.284. The fraction of sp³-hybridized carbons (Fsp3) is 0.500. The molecule has 19 heavy (non-hydrogen) atoms. The first-order valence-corrected chi connectivity index (χ1v) is 7.78. The maximum atomic E-state index is 13.6. The predicted octanol–water partition coefficient (Wildman–Crippen LogP) is 5.04. The van der Waals surface area contributed by atoms with Crippen LogP contribution >= 0.6 is 27.5 Å². The molecule has 0 aliphatic heterocycles. The molecule has 1 unspecified atom stereocenters. The molecule has 0 N–H and O–H groups in total. The summed E-state index contributed by atoms with van der Waals surface area (Å²) in [5.74, 6) is 1.39. The Hall–Kier alpha value is -0.610. The number of hydrogen-bond acceptors (Lipinski definition) is 1. The van der Waals surface area contributed by atoms with Crippen molar-refractivity contribution in [2.24, 2.45) is 5.92 Å². The molecule has 1 saturated carbocycles. The Morgan fingerprint density at radius 2 is 2.26 bits per heavy atom. The van der Waals surface area contributed by atoms with E-state index >= 15 is 0 Å². The zero-order valence-corrected chi connectivity index (χ0v) is 13.0. The molecule has 2 aromatic rings. The smallest absolute Gasteiger partial charge is 0.139 e. The summed E-state index contributed by atoms with van der Waals surface area (Å²) in [4.78, 5) is 4.48. The molecule has 102 valence electrons. The van der Waals surface area contributed by atoms with Gasteiger partial charge in [-0.3, -0.25) is 0 Å². The van der Waals surface area contributed by atoms with Gasteiger partial charge in [0, 0.05) is 12.6 Å². The van der Waals surface area contributed by atoms with Crippen LogP contribution in [0.5, 0.6) is 0 Å². The van der Waals surface area contributed by atoms with Crippen molar-refractivity contribution in [2.75, 3.05) is 0 Å². The van der Waals surface area contributed by atoms with Crippen molar-refractivity contribution >= 4 is 38.6 Å². The van der Waals surface area contributed by atoms with Crippen LogP contribution in [0.4, 0.5) is 4.39 Å². The van der Waals surface area contributed by atoms with Crippen molar-refractivity contribution < 1.29 is 4.39 Å². The average Bonchev–Trinajstić information content (AvgIpc) is 3.11. The van der Waals surface area contributed by atoms with Crippen LogP contribution in [-0.2, 0) is 6.54 Å². The summed E-state index contributed by atoms with van der Waals surface area (Å²) >= 11 is 9.44. The van der Waals surface area contributed by atoms with Crippen molar-refractivity contribution in [3.05, 3.63) is 28.2 Å². The van der Waals surface area contributed by atoms with Crippen LogP contribution in [0.3, 0.4) is 0 Å². The van der Waals surface area contributed by atoms with E-state index in [-0.39, 0.29) is 11.2 Å². The molecule has 1 fully saturated rings. The third kappa shape index (κ3) is 2.65. The normalized spacial score (nSPS) is 17.1. The van der Waals surface area contributed by atoms with Crippen molar-refractivity contribution in [1.29, 1.82) is 0 Å². The SMILES string of the molecule is CC(Cl)c1nc2cc(F)c(Br)cc2n1CCC1CC1. The van der Waals surface area contributed by atoms with Gasteiger partial charge in [-0.2, -0.15) is 0 Å². The number of imidazole rings is 1. The monoisotopic (exact) mass is 344 g/mol. The van der Waals surface area contributed by atoms with Gasteiger partial charge in [0.15, 0.2) is 0 Å². The van der Waals surface area contributed by atoms with E-state index in [1.54, 1.807) is 6.07 Å². The van der Waals surface area contributed by atoms with Crippen LogP contribution in [0.25, 0.3) is 11.0 Å². The van der Waals surface area contributed by atoms with E-state index in [9.17, 15) is 4.39 Å². The fourth-order valence-electron chi connectivity index (χ4n) is 2.40. The number of nitrogens with zero attached hydrogens (tertiary/aromatic N) is 2. The third-order valence-electron chi connectivity index (χ3n) is 3.63. The first kappa shape index (κ1) is 13.4. The molecule has 5 heteroatoms. The number of fused-ring (bicyclic) bond motifs is 1. The molecular weight excluding hydrogens is 331 g/mol. The lowest BCUT2D eigenvalue weighted by molar-refractivity contribution is 0.585. The lowest BCUT2D eigenvalue weighted by atomic mass is 10.2. The Balaban J connectivity index is 2.07. The molecule has 0 spiro atoms. The lowest BCUT2D eigenvalue weighted by Crippen LogP contribution is -2.05. The maximum Gasteiger partial charge on any atom is 0.139 e. The molecule has 0 bridgehead atoms. The van der Waals surface area contributed by atoms with Gasteiger partial charge in [-0.05, 0) is 41.3 Å². The largest absolute Gasteiger partial charge is 0.327 e. The summed E-state index contributed by atoms with van der Waals surface area (Å²) in [6, 6.07) is 3.27. The van der Waals surface area contributed by atoms with Gasteiger partial charge in [-0.1, -0.05) is 12.8 Å². The quantitative estimate of drug-likeness (QED) is 0.710. The lowest BCUT2D eigenvalue weighted by Gasteiger charge is -2.10. The van der Waals surface area contributed by atoms with E-state index in [1.165, 1.54) is 18.9 Å². The highest BCUT2D eigenvalue weighted by atomic mass is 79.9. The molecule has 0 amide bonds. The highest BCUT2D eigenvalue weighted by Gasteiger charge is 2.23. The summed E-state index contributed by atoms with van der Waals surface area (Å²) in [5, 5.41) is -0.173. The number of rotatable bonds is 4. The number of benzene rings is 1. The standard InChI is InChI=1S/C14H15BrClFN2/c1-8(16)14-18-12-7-11(17)10(15)6-13(12)19(14)5-4-9-2-3-9/h6-9H,2-5H2,1H3. The van der Waals surface area contributed by atoms with Crippen LogP contribution in [0.1, 0.15) is 37.4 Å². The van der Waals surface area contributed by atoms with Gasteiger partial charge in [-0.15, -0.1) is 11.6 Å². The third-order valence-corrected chi connectivity index (χ3v) is 4.44. The number of alkyl halides is 1. The van der Waals surface area contributed by atoms with Gasteiger partial charge < -0.3 is 4.57 Å². The van der Waals surface area contributed by atoms with Gasteiger partial charge in [0.1, 0.15) is 11.6 Å². The van der Waals surface area contributed by atoms with Gasteiger partial charge >= 0.3 is 0 Å². The highest BCUT2D eigenvalue weighted by Crippen LogP contribution is 2.35. The van der Waals surface area contributed by atoms with Crippen molar-refractivity contribution in [3.63, 3.8) is 0 Å². The molecule has 1 aromatic heterocycles. The van der Waals surface area contributed by atoms with Crippen molar-refractivity contribution in [3.8, 4) is 0 Å². The molecule has 1 aliphatic carbocycles. The van der Waals surface area contributed by atoms with E-state index < -0.39 is 0 Å². The van der Waals surface area contributed by atoms with E-state index in [1.807, 2.05) is 6.92 Å². The Morgan fingerprint density at radius 1 is 1.53 bits per heavy atom. The van der Waals surface area contributed by atoms with Crippen molar-refractivity contribution in [2.45, 2.75) is 38.1 Å². The molecule has 1 atom stereocenters. The summed E-state index contributed by atoms with van der Waals surface area (Å²) < 4.78 is 16.2. The first-order valence-electron chi connectivity index (χ1n) is 6.55. The first-order chi connectivity index (χ1) is 9.06. The van der Waals surface area contributed by atoms with E-state index in [0.717, 1.165) is 30.2 Å². The summed E-state index contributed by atoms with van der Waals surface area (Å²) in [7, 11) is 0. The number of halogens is 3. The minimum absolute atomic E-state index is 0.173. The molecule has 3 rings (SSSR count). The number of aryl methyl sites for hydroxylation is 1. The molecule has 1 aromatic carbocycles. The van der Waals surface area contributed by atoms with Crippen LogP contribution in [-0.4, -0.2) is 9.55 Å². The number of aromatic nitrogens is 2. The van der Waals surface area contributed by atoms with Crippen molar-refractivity contribution in [1.82, 2.24) is 9.55 Å². The van der Waals surface area contributed by atoms with Crippen LogP contribution < -0.4 is 0 Å². The summed E-state index contributed by atoms with van der Waals surface area (Å²) in [6.45, 7) is 2.81. The van der Waals surface area contributed by atoms with E-state index in [0.29, 0.717) is 9.99 Å². The second-order valence-electron chi connectivity index (χ2n) is 5.22. The maximum absolute atomic E-state index is 13.6. The zero-order valence-electron chi connectivity index (χ0n) is 10.7. The second-order valence-corrected chi connectivity index (χ2v) is 6.73. The zero-order chi connectivity index (χ0) is 13.6. The highest BCUT2D eigenvalue weighted by molar-refractivity contribution is 9.10. The molecule has 0 saturated heterocycles. The van der Waals surface area contributed by atoms with E-state index in [2.05, 4.69) is 25.5 Å². The molecule has 0 radical (unpaired) electrons. The number of hydrogen-bond donors (Lipinski definition) is 0. The van der Waals surface area contributed by atoms with Gasteiger partial charge in [0.2, 0.25) is 0 Å². The summed E-state index contributed by atoms with van der Waals surface area (Å²) in [5.41, 5.74) is 1.63. The second kappa shape index (κ2) is 5.06. The summed E-state index contributed by atoms with van der Waals surface area (Å²) in [6.07, 6.45) is 3.81. The molecular formula is C14H15BrClFN2. The molecule has 2 nitrogen and oxygen atoms in total. The van der Waals surface area contributed by atoms with Gasteiger partial charge in [-0.25, -0.2) is 9.37 Å². The molecule has 1 aliphatic rings. The van der Waals surface area contributed by atoms with Crippen LogP contribution in [0.2, 0.25) is 0 Å². The topological polar surface area (TPSA) is 17.8 Å². The van der Waals surface area contributed by atoms with Crippen LogP contribution in [0.15, 0.2) is 16.6 Å². The van der Waals surface area contributed by atoms with Crippen LogP contribution in [0, 0.1) is 11.7 Å². The van der Waals surface area contributed by atoms with Gasteiger partial charge in [0.05, 0.1) is 20.9 Å². The minimum Gasteiger partial charge on any atom is -0.327 e. The molecule has 1 heterocycles. The Morgan fingerprint density at radius 3 is 2.89 bits per heavy atom. The fourth-order valence-corrected chi connectivity index (χ4v) is 2.89. The Kier molecular flexibility index (Phi) is 3.56. The Bertz CT molecular complexity index is 619. The van der Waals surface area contributed by atoms with E-state index in [4.69, 9.17) is 11.6 Å². The predicted molar refractivity (Wildman–Crippen MR) is 79.0 cm³/mol. The Labute approximate surface area is 125 Å². The van der Waals surface area contributed by atoms with Gasteiger partial charge in [0.25, 0.3) is 0 Å².